The van der Waals surface area contributed by atoms with Gasteiger partial charge in [-0.2, -0.15) is 4.39 Å². The maximum absolute atomic E-state index is 15.5. The summed E-state index contributed by atoms with van der Waals surface area (Å²) in [5.41, 5.74) is 2.36. The Bertz CT molecular complexity index is 1400. The van der Waals surface area contributed by atoms with Crippen LogP contribution in [-0.4, -0.2) is 72.3 Å². The second-order valence-electron chi connectivity index (χ2n) is 10.3. The molecule has 3 aromatic rings. The smallest absolute Gasteiger partial charge is 0.326 e. The van der Waals surface area contributed by atoms with Crippen LogP contribution in [0, 0.1) is 11.7 Å². The molecule has 2 aromatic carbocycles. The van der Waals surface area contributed by atoms with E-state index < -0.39 is 23.7 Å². The van der Waals surface area contributed by atoms with E-state index in [1.165, 1.54) is 6.33 Å². The molecule has 0 spiro atoms. The molecular weight excluding hydrogens is 570 g/mol. The number of aromatic nitrogens is 2. The van der Waals surface area contributed by atoms with Crippen LogP contribution in [0.3, 0.4) is 0 Å². The number of anilines is 2. The molecule has 1 aromatic heterocycles. The molecule has 0 bridgehead atoms. The van der Waals surface area contributed by atoms with E-state index in [-0.39, 0.29) is 30.5 Å². The van der Waals surface area contributed by atoms with Crippen LogP contribution in [-0.2, 0) is 16.0 Å². The monoisotopic (exact) mass is 600 g/mol. The molecule has 1 amide bonds. The summed E-state index contributed by atoms with van der Waals surface area (Å²) in [7, 11) is 0. The second-order valence-corrected chi connectivity index (χ2v) is 11.1. The average Bonchev–Trinajstić information content (AvgIpc) is 2.99. The topological polar surface area (TPSA) is 111 Å². The van der Waals surface area contributed by atoms with Crippen LogP contribution in [0.4, 0.5) is 16.0 Å². The number of rotatable bonds is 8. The van der Waals surface area contributed by atoms with Crippen LogP contribution < -0.4 is 20.4 Å². The zero-order valence-electron chi connectivity index (χ0n) is 22.3. The fourth-order valence-corrected chi connectivity index (χ4v) is 5.72. The molecule has 5 rings (SSSR count). The molecule has 0 radical (unpaired) electrons. The van der Waals surface area contributed by atoms with Crippen LogP contribution >= 0.6 is 23.2 Å². The van der Waals surface area contributed by atoms with Crippen molar-refractivity contribution in [2.45, 2.75) is 25.3 Å². The van der Waals surface area contributed by atoms with Crippen molar-refractivity contribution in [2.24, 2.45) is 5.92 Å². The molecule has 1 unspecified atom stereocenters. The Hall–Kier alpha value is -3.47. The highest BCUT2D eigenvalue weighted by Crippen LogP contribution is 2.31. The molecule has 216 valence electrons. The molecule has 2 aliphatic heterocycles. The van der Waals surface area contributed by atoms with Crippen molar-refractivity contribution in [3.05, 3.63) is 70.2 Å². The minimum atomic E-state index is -1.13. The van der Waals surface area contributed by atoms with Crippen molar-refractivity contribution >= 4 is 46.7 Å². The minimum absolute atomic E-state index is 0.107. The predicted octanol–water partition coefficient (Wildman–Crippen LogP) is 4.03. The number of nitrogens with zero attached hydrogens (tertiary/aromatic N) is 4. The van der Waals surface area contributed by atoms with Gasteiger partial charge < -0.3 is 25.5 Å². The first kappa shape index (κ1) is 29.0. The predicted molar refractivity (Wildman–Crippen MR) is 157 cm³/mol. The molecule has 2 atom stereocenters. The molecule has 9 nitrogen and oxygen atoms in total. The van der Waals surface area contributed by atoms with Gasteiger partial charge in [-0.1, -0.05) is 47.5 Å². The van der Waals surface area contributed by atoms with Crippen molar-refractivity contribution in [2.75, 3.05) is 49.1 Å². The number of carboxylic acids is 1. The van der Waals surface area contributed by atoms with Gasteiger partial charge in [0.2, 0.25) is 11.7 Å². The number of carbonyl (C=O) groups is 2. The molecule has 41 heavy (non-hydrogen) atoms. The minimum Gasteiger partial charge on any atom is -0.480 e. The number of benzene rings is 2. The number of aliphatic carboxylic acids is 1. The van der Waals surface area contributed by atoms with Gasteiger partial charge in [0.15, 0.2) is 11.6 Å². The maximum atomic E-state index is 15.5. The van der Waals surface area contributed by atoms with E-state index in [0.29, 0.717) is 42.5 Å². The lowest BCUT2D eigenvalue weighted by Gasteiger charge is -2.34. The lowest BCUT2D eigenvalue weighted by molar-refractivity contribution is -0.142. The second kappa shape index (κ2) is 13.0. The number of carbonyl (C=O) groups excluding carboxylic acids is 1. The van der Waals surface area contributed by atoms with Gasteiger partial charge in [-0.25, -0.2) is 14.8 Å². The quantitative estimate of drug-likeness (QED) is 0.355. The highest BCUT2D eigenvalue weighted by molar-refractivity contribution is 6.35. The molecule has 0 saturated carbocycles. The summed E-state index contributed by atoms with van der Waals surface area (Å²) in [4.78, 5) is 37.3. The summed E-state index contributed by atoms with van der Waals surface area (Å²) in [5.74, 6) is -2.08. The molecule has 2 aliphatic rings. The number of nitrogens with one attached hydrogen (secondary N) is 2. The van der Waals surface area contributed by atoms with E-state index in [2.05, 4.69) is 20.6 Å². The third kappa shape index (κ3) is 6.89. The third-order valence-electron chi connectivity index (χ3n) is 7.51. The Kier molecular flexibility index (Phi) is 9.22. The van der Waals surface area contributed by atoms with Crippen molar-refractivity contribution in [3.8, 4) is 11.1 Å². The Morgan fingerprint density at radius 3 is 2.46 bits per heavy atom. The Morgan fingerprint density at radius 2 is 1.76 bits per heavy atom. The average molecular weight is 602 g/mol. The fourth-order valence-electron chi connectivity index (χ4n) is 5.32. The molecule has 0 aliphatic carbocycles. The van der Waals surface area contributed by atoms with E-state index >= 15 is 4.39 Å². The zero-order valence-corrected chi connectivity index (χ0v) is 23.8. The summed E-state index contributed by atoms with van der Waals surface area (Å²) in [6.45, 7) is 3.57. The van der Waals surface area contributed by atoms with Crippen LogP contribution in [0.25, 0.3) is 11.1 Å². The van der Waals surface area contributed by atoms with E-state index in [1.807, 2.05) is 29.2 Å². The molecular formula is C29H31Cl2FN6O3. The lowest BCUT2D eigenvalue weighted by atomic mass is 9.95. The van der Waals surface area contributed by atoms with Crippen LogP contribution in [0.1, 0.15) is 18.4 Å². The summed E-state index contributed by atoms with van der Waals surface area (Å²) in [5, 5.41) is 16.9. The number of hydrogen-bond acceptors (Lipinski definition) is 7. The van der Waals surface area contributed by atoms with Gasteiger partial charge in [0.1, 0.15) is 12.4 Å². The van der Waals surface area contributed by atoms with Crippen molar-refractivity contribution in [1.29, 1.82) is 0 Å². The maximum Gasteiger partial charge on any atom is 0.326 e. The van der Waals surface area contributed by atoms with E-state index in [0.717, 1.165) is 29.8 Å². The summed E-state index contributed by atoms with van der Waals surface area (Å²) < 4.78 is 15.5. The normalized spacial score (nSPS) is 18.2. The van der Waals surface area contributed by atoms with E-state index in [4.69, 9.17) is 23.2 Å². The van der Waals surface area contributed by atoms with Crippen molar-refractivity contribution < 1.29 is 19.1 Å². The number of amides is 1. The van der Waals surface area contributed by atoms with Crippen molar-refractivity contribution in [1.82, 2.24) is 20.6 Å². The van der Waals surface area contributed by atoms with Gasteiger partial charge in [0.25, 0.3) is 0 Å². The molecule has 12 heteroatoms. The van der Waals surface area contributed by atoms with E-state index in [9.17, 15) is 14.7 Å². The van der Waals surface area contributed by atoms with Gasteiger partial charge >= 0.3 is 5.97 Å². The summed E-state index contributed by atoms with van der Waals surface area (Å²) in [6.07, 6.45) is 2.68. The summed E-state index contributed by atoms with van der Waals surface area (Å²) >= 11 is 12.4. The van der Waals surface area contributed by atoms with Gasteiger partial charge in [-0.3, -0.25) is 4.79 Å². The zero-order chi connectivity index (χ0) is 28.9. The number of halogens is 3. The lowest BCUT2D eigenvalue weighted by Crippen LogP contribution is -2.49. The van der Waals surface area contributed by atoms with Gasteiger partial charge in [0.05, 0.1) is 5.92 Å². The summed E-state index contributed by atoms with van der Waals surface area (Å²) in [6, 6.07) is 11.4. The van der Waals surface area contributed by atoms with E-state index in [1.54, 1.807) is 23.1 Å². The fraction of sp³-hybridized carbons (Fsp3) is 0.379. The van der Waals surface area contributed by atoms with Crippen LogP contribution in [0.5, 0.6) is 0 Å². The number of piperazine rings is 1. The van der Waals surface area contributed by atoms with Crippen LogP contribution in [0.2, 0.25) is 10.0 Å². The van der Waals surface area contributed by atoms with Gasteiger partial charge in [0, 0.05) is 61.3 Å². The Balaban J connectivity index is 1.24. The first-order valence-corrected chi connectivity index (χ1v) is 14.3. The third-order valence-corrected chi connectivity index (χ3v) is 8.07. The van der Waals surface area contributed by atoms with Crippen LogP contribution in [0.15, 0.2) is 48.8 Å². The first-order valence-electron chi connectivity index (χ1n) is 13.6. The SMILES string of the molecule is O=C(N[C@@H](Cc1ccc(-c2cc(Cl)ccc2Cl)cc1)C(=O)O)C1CCCN(c2ncnc(N3CCNCC3)c2F)C1. The highest BCUT2D eigenvalue weighted by atomic mass is 35.5. The van der Waals surface area contributed by atoms with Crippen molar-refractivity contribution in [3.63, 3.8) is 0 Å². The standard InChI is InChI=1S/C29H31Cl2FN6O3/c30-21-7-8-23(31)22(15-21)19-5-3-18(4-6-19)14-24(29(40)41)36-28(39)20-2-1-11-38(16-20)27-25(32)26(34-17-35-27)37-12-9-33-10-13-37/h3-8,15,17,20,24,33H,1-2,9-14,16H2,(H,36,39)(H,40,41)/t20?,24-/m0/s1. The Labute approximate surface area is 247 Å². The van der Waals surface area contributed by atoms with Gasteiger partial charge in [-0.05, 0) is 42.2 Å². The number of piperidine rings is 1. The number of carboxylic acid groups (broad SMARTS) is 1. The molecule has 2 saturated heterocycles. The highest BCUT2D eigenvalue weighted by Gasteiger charge is 2.32. The molecule has 3 N–H and O–H groups in total. The largest absolute Gasteiger partial charge is 0.480 e. The Morgan fingerprint density at radius 1 is 1.05 bits per heavy atom. The molecule has 3 heterocycles. The number of hydrogen-bond donors (Lipinski definition) is 3. The van der Waals surface area contributed by atoms with Gasteiger partial charge in [-0.15, -0.1) is 0 Å². The molecule has 2 fully saturated rings. The first-order chi connectivity index (χ1) is 19.8.